The lowest BCUT2D eigenvalue weighted by molar-refractivity contribution is -0.145. The van der Waals surface area contributed by atoms with Crippen LogP contribution in [0.1, 0.15) is 58.3 Å². The fourth-order valence-electron chi connectivity index (χ4n) is 5.08. The van der Waals surface area contributed by atoms with Gasteiger partial charge in [0.2, 0.25) is 11.8 Å². The SMILES string of the molecule is COc1ccc(CNC(=O)c2nc([C@H]3CCCN3C(=O)OCc3ccccc3)sc2NC(=O)C2CC(F)(F)C2)c(OC)c1. The Hall–Kier alpha value is -4.26. The predicted molar refractivity (Wildman–Crippen MR) is 154 cm³/mol. The van der Waals surface area contributed by atoms with E-state index in [2.05, 4.69) is 15.6 Å². The molecule has 13 heteroatoms. The predicted octanol–water partition coefficient (Wildman–Crippen LogP) is 5.55. The molecule has 1 atom stereocenters. The molecule has 1 saturated heterocycles. The van der Waals surface area contributed by atoms with Gasteiger partial charge in [0, 0.05) is 43.5 Å². The van der Waals surface area contributed by atoms with Crippen molar-refractivity contribution in [1.82, 2.24) is 15.2 Å². The van der Waals surface area contributed by atoms with E-state index in [1.54, 1.807) is 23.1 Å². The van der Waals surface area contributed by atoms with Crippen LogP contribution in [0.2, 0.25) is 0 Å². The molecule has 0 spiro atoms. The fourth-order valence-corrected chi connectivity index (χ4v) is 6.19. The standard InChI is InChI=1S/C30H32F2N4O6S/c1-40-21-11-10-19(23(13-21)41-2)16-33-26(38)24-28(35-25(37)20-14-30(31,32)15-20)43-27(34-24)22-9-6-12-36(22)29(39)42-17-18-7-4-3-5-8-18/h3-5,7-8,10-11,13,20,22H,6,9,12,14-17H2,1-2H3,(H,33,38)(H,35,37)/t22-/m1/s1. The lowest BCUT2D eigenvalue weighted by Gasteiger charge is -2.33. The minimum absolute atomic E-state index is 0.0589. The molecule has 3 aromatic rings. The van der Waals surface area contributed by atoms with Crippen LogP contribution in [0.25, 0.3) is 0 Å². The minimum Gasteiger partial charge on any atom is -0.497 e. The van der Waals surface area contributed by atoms with E-state index in [1.165, 1.54) is 14.2 Å². The maximum absolute atomic E-state index is 13.4. The molecule has 0 bridgehead atoms. The second-order valence-electron chi connectivity index (χ2n) is 10.4. The number of nitrogens with one attached hydrogen (secondary N) is 2. The first-order chi connectivity index (χ1) is 20.7. The molecular weight excluding hydrogens is 582 g/mol. The Kier molecular flexibility index (Phi) is 9.09. The molecule has 228 valence electrons. The number of halogens is 2. The van der Waals surface area contributed by atoms with Crippen molar-refractivity contribution in [3.63, 3.8) is 0 Å². The van der Waals surface area contributed by atoms with Gasteiger partial charge in [0.25, 0.3) is 5.91 Å². The van der Waals surface area contributed by atoms with Crippen LogP contribution in [0.5, 0.6) is 11.5 Å². The van der Waals surface area contributed by atoms with Crippen LogP contribution in [0.3, 0.4) is 0 Å². The summed E-state index contributed by atoms with van der Waals surface area (Å²) in [6.45, 7) is 0.633. The van der Waals surface area contributed by atoms with Crippen LogP contribution in [0.4, 0.5) is 18.6 Å². The molecule has 5 rings (SSSR count). The van der Waals surface area contributed by atoms with Crippen molar-refractivity contribution in [1.29, 1.82) is 0 Å². The number of amides is 3. The van der Waals surface area contributed by atoms with Gasteiger partial charge in [-0.3, -0.25) is 14.5 Å². The van der Waals surface area contributed by atoms with E-state index in [-0.39, 0.29) is 23.8 Å². The molecule has 0 radical (unpaired) electrons. The Labute approximate surface area is 251 Å². The highest BCUT2D eigenvalue weighted by atomic mass is 32.1. The van der Waals surface area contributed by atoms with Gasteiger partial charge >= 0.3 is 6.09 Å². The highest BCUT2D eigenvalue weighted by molar-refractivity contribution is 7.16. The van der Waals surface area contributed by atoms with Crippen LogP contribution >= 0.6 is 11.3 Å². The number of alkyl halides is 2. The van der Waals surface area contributed by atoms with Crippen molar-refractivity contribution in [2.75, 3.05) is 26.1 Å². The third-order valence-corrected chi connectivity index (χ3v) is 8.54. The maximum atomic E-state index is 13.4. The normalized spacial score (nSPS) is 17.6. The van der Waals surface area contributed by atoms with Crippen molar-refractivity contribution < 1.29 is 37.4 Å². The number of anilines is 1. The summed E-state index contributed by atoms with van der Waals surface area (Å²) < 4.78 is 43.0. The Morgan fingerprint density at radius 1 is 1.09 bits per heavy atom. The molecular formula is C30H32F2N4O6S. The lowest BCUT2D eigenvalue weighted by atomic mass is 9.81. The number of rotatable bonds is 10. The quantitative estimate of drug-likeness (QED) is 0.308. The van der Waals surface area contributed by atoms with Crippen LogP contribution in [0, 0.1) is 5.92 Å². The van der Waals surface area contributed by atoms with Gasteiger partial charge in [0.05, 0.1) is 20.3 Å². The lowest BCUT2D eigenvalue weighted by Crippen LogP contribution is -2.42. The first-order valence-corrected chi connectivity index (χ1v) is 14.6. The second-order valence-corrected chi connectivity index (χ2v) is 11.5. The van der Waals surface area contributed by atoms with E-state index < -0.39 is 48.6 Å². The summed E-state index contributed by atoms with van der Waals surface area (Å²) in [5.74, 6) is -3.82. The Balaban J connectivity index is 1.34. The van der Waals surface area contributed by atoms with Gasteiger partial charge in [0.1, 0.15) is 28.1 Å². The third-order valence-electron chi connectivity index (χ3n) is 7.47. The summed E-state index contributed by atoms with van der Waals surface area (Å²) in [5, 5.41) is 6.02. The number of carbonyl (C=O) groups excluding carboxylic acids is 3. The monoisotopic (exact) mass is 614 g/mol. The third kappa shape index (κ3) is 7.04. The molecule has 1 aromatic heterocycles. The van der Waals surface area contributed by atoms with E-state index in [0.29, 0.717) is 41.5 Å². The molecule has 10 nitrogen and oxygen atoms in total. The summed E-state index contributed by atoms with van der Waals surface area (Å²) in [7, 11) is 3.04. The largest absolute Gasteiger partial charge is 0.497 e. The van der Waals surface area contributed by atoms with Crippen LogP contribution in [-0.2, 0) is 22.7 Å². The zero-order valence-corrected chi connectivity index (χ0v) is 24.5. The van der Waals surface area contributed by atoms with Gasteiger partial charge < -0.3 is 24.8 Å². The van der Waals surface area contributed by atoms with Gasteiger partial charge in [-0.1, -0.05) is 41.7 Å². The zero-order valence-electron chi connectivity index (χ0n) is 23.7. The first-order valence-electron chi connectivity index (χ1n) is 13.8. The van der Waals surface area contributed by atoms with Gasteiger partial charge in [-0.25, -0.2) is 18.6 Å². The molecule has 2 N–H and O–H groups in total. The molecule has 2 fully saturated rings. The molecule has 2 heterocycles. The highest BCUT2D eigenvalue weighted by Gasteiger charge is 2.49. The Morgan fingerprint density at radius 3 is 2.56 bits per heavy atom. The smallest absolute Gasteiger partial charge is 0.410 e. The Bertz CT molecular complexity index is 1480. The molecule has 3 amide bonds. The number of thiazole rings is 1. The molecule has 0 unspecified atom stereocenters. The van der Waals surface area contributed by atoms with Crippen molar-refractivity contribution in [2.24, 2.45) is 5.92 Å². The number of hydrogen-bond acceptors (Lipinski definition) is 8. The van der Waals surface area contributed by atoms with E-state index in [4.69, 9.17) is 14.2 Å². The van der Waals surface area contributed by atoms with E-state index in [0.717, 1.165) is 16.9 Å². The molecule has 1 aliphatic carbocycles. The van der Waals surface area contributed by atoms with E-state index >= 15 is 0 Å². The van der Waals surface area contributed by atoms with E-state index in [9.17, 15) is 23.2 Å². The Morgan fingerprint density at radius 2 is 1.86 bits per heavy atom. The molecule has 1 aliphatic heterocycles. The van der Waals surface area contributed by atoms with Gasteiger partial charge in [-0.15, -0.1) is 0 Å². The summed E-state index contributed by atoms with van der Waals surface area (Å²) in [4.78, 5) is 45.3. The van der Waals surface area contributed by atoms with Crippen molar-refractivity contribution in [3.8, 4) is 11.5 Å². The van der Waals surface area contributed by atoms with Gasteiger partial charge in [-0.05, 0) is 30.5 Å². The summed E-state index contributed by atoms with van der Waals surface area (Å²) in [6, 6.07) is 14.0. The van der Waals surface area contributed by atoms with Crippen molar-refractivity contribution in [2.45, 2.75) is 50.8 Å². The minimum atomic E-state index is -2.87. The summed E-state index contributed by atoms with van der Waals surface area (Å²) in [5.41, 5.74) is 1.47. The fraction of sp³-hybridized carbons (Fsp3) is 0.400. The molecule has 43 heavy (non-hydrogen) atoms. The van der Waals surface area contributed by atoms with Crippen LogP contribution in [0.15, 0.2) is 48.5 Å². The topological polar surface area (TPSA) is 119 Å². The number of nitrogens with zero attached hydrogens (tertiary/aromatic N) is 2. The molecule has 2 aromatic carbocycles. The molecule has 2 aliphatic rings. The zero-order chi connectivity index (χ0) is 30.6. The number of methoxy groups -OCH3 is 2. The number of aromatic nitrogens is 1. The maximum Gasteiger partial charge on any atom is 0.410 e. The number of ether oxygens (including phenoxy) is 3. The second kappa shape index (κ2) is 12.9. The van der Waals surface area contributed by atoms with Gasteiger partial charge in [-0.2, -0.15) is 0 Å². The number of likely N-dealkylation sites (tertiary alicyclic amines) is 1. The van der Waals surface area contributed by atoms with Crippen molar-refractivity contribution >= 4 is 34.2 Å². The molecule has 1 saturated carbocycles. The average Bonchev–Trinajstić information content (AvgIpc) is 3.65. The van der Waals surface area contributed by atoms with E-state index in [1.807, 2.05) is 30.3 Å². The summed E-state index contributed by atoms with van der Waals surface area (Å²) >= 11 is 1.05. The average molecular weight is 615 g/mol. The summed E-state index contributed by atoms with van der Waals surface area (Å²) in [6.07, 6.45) is -0.330. The number of hydrogen-bond donors (Lipinski definition) is 2. The number of carbonyl (C=O) groups is 3. The first kappa shape index (κ1) is 30.2. The van der Waals surface area contributed by atoms with Gasteiger partial charge in [0.15, 0.2) is 5.69 Å². The van der Waals surface area contributed by atoms with Crippen LogP contribution < -0.4 is 20.1 Å². The highest BCUT2D eigenvalue weighted by Crippen LogP contribution is 2.44. The van der Waals surface area contributed by atoms with Crippen LogP contribution in [-0.4, -0.2) is 54.5 Å². The van der Waals surface area contributed by atoms with Crippen molar-refractivity contribution in [3.05, 3.63) is 70.4 Å². The number of benzene rings is 2.